The molecule has 2 atom stereocenters. The smallest absolute Gasteiger partial charge is 0.321 e. The van der Waals surface area contributed by atoms with E-state index in [1.54, 1.807) is 0 Å². The number of hydrogen-bond acceptors (Lipinski definition) is 3. The summed E-state index contributed by atoms with van der Waals surface area (Å²) in [6.45, 7) is 4.97. The maximum Gasteiger partial charge on any atom is 0.321 e. The van der Waals surface area contributed by atoms with Gasteiger partial charge < -0.3 is 10.8 Å². The molecule has 0 radical (unpaired) electrons. The Morgan fingerprint density at radius 3 is 2.50 bits per heavy atom. The molecule has 0 aliphatic carbocycles. The lowest BCUT2D eigenvalue weighted by Crippen LogP contribution is -2.51. The van der Waals surface area contributed by atoms with Crippen molar-refractivity contribution in [3.63, 3.8) is 0 Å². The number of primary amides is 1. The van der Waals surface area contributed by atoms with Crippen LogP contribution in [0, 0.1) is 11.8 Å². The van der Waals surface area contributed by atoms with E-state index < -0.39 is 12.0 Å². The number of hydrogen-bond donors (Lipinski definition) is 2. The summed E-state index contributed by atoms with van der Waals surface area (Å²) in [4.78, 5) is 24.1. The molecule has 5 heteroatoms. The maximum atomic E-state index is 11.2. The molecule has 0 saturated carbocycles. The maximum absolute atomic E-state index is 11.2. The summed E-state index contributed by atoms with van der Waals surface area (Å²) in [7, 11) is 0. The lowest BCUT2D eigenvalue weighted by atomic mass is 9.93. The van der Waals surface area contributed by atoms with Crippen molar-refractivity contribution in [2.75, 3.05) is 13.1 Å². The van der Waals surface area contributed by atoms with E-state index in [0.29, 0.717) is 6.54 Å². The van der Waals surface area contributed by atoms with Gasteiger partial charge in [-0.05, 0) is 25.3 Å². The van der Waals surface area contributed by atoms with Crippen LogP contribution in [0.1, 0.15) is 26.7 Å². The normalized spacial score (nSPS) is 24.3. The van der Waals surface area contributed by atoms with Crippen LogP contribution in [0.25, 0.3) is 0 Å². The largest absolute Gasteiger partial charge is 0.480 e. The second-order valence-corrected chi connectivity index (χ2v) is 4.76. The first-order chi connectivity index (χ1) is 7.43. The van der Waals surface area contributed by atoms with Crippen LogP contribution in [0.3, 0.4) is 0 Å². The zero-order valence-corrected chi connectivity index (χ0v) is 9.85. The highest BCUT2D eigenvalue weighted by Crippen LogP contribution is 2.21. The van der Waals surface area contributed by atoms with Gasteiger partial charge in [0.15, 0.2) is 0 Å². The van der Waals surface area contributed by atoms with Crippen molar-refractivity contribution in [1.82, 2.24) is 4.90 Å². The van der Waals surface area contributed by atoms with Crippen LogP contribution in [-0.2, 0) is 9.59 Å². The second kappa shape index (κ2) is 5.30. The number of carbonyl (C=O) groups is 2. The highest BCUT2D eigenvalue weighted by molar-refractivity contribution is 5.77. The number of carboxylic acids is 1. The number of rotatable bonds is 4. The van der Waals surface area contributed by atoms with E-state index in [1.165, 1.54) is 0 Å². The zero-order chi connectivity index (χ0) is 12.3. The number of nitrogens with two attached hydrogens (primary N) is 1. The molecule has 1 heterocycles. The molecule has 3 N–H and O–H groups in total. The van der Waals surface area contributed by atoms with Crippen molar-refractivity contribution in [2.45, 2.75) is 32.7 Å². The monoisotopic (exact) mass is 228 g/mol. The summed E-state index contributed by atoms with van der Waals surface area (Å²) in [5, 5.41) is 9.16. The Bertz CT molecular complexity index is 278. The van der Waals surface area contributed by atoms with Gasteiger partial charge in [0.1, 0.15) is 6.04 Å². The molecule has 16 heavy (non-hydrogen) atoms. The van der Waals surface area contributed by atoms with Crippen LogP contribution in [0.4, 0.5) is 0 Å². The van der Waals surface area contributed by atoms with E-state index in [4.69, 9.17) is 10.8 Å². The number of likely N-dealkylation sites (tertiary alicyclic amines) is 1. The Balaban J connectivity index is 2.71. The molecule has 1 aliphatic heterocycles. The Morgan fingerprint density at radius 1 is 1.44 bits per heavy atom. The van der Waals surface area contributed by atoms with Gasteiger partial charge in [-0.1, -0.05) is 13.8 Å². The van der Waals surface area contributed by atoms with Gasteiger partial charge in [-0.25, -0.2) is 0 Å². The Morgan fingerprint density at radius 2 is 2.06 bits per heavy atom. The van der Waals surface area contributed by atoms with Crippen LogP contribution in [0.15, 0.2) is 0 Å². The minimum atomic E-state index is -0.819. The van der Waals surface area contributed by atoms with Crippen LogP contribution in [0.5, 0.6) is 0 Å². The van der Waals surface area contributed by atoms with Crippen LogP contribution in [0.2, 0.25) is 0 Å². The fourth-order valence-corrected chi connectivity index (χ4v) is 2.35. The van der Waals surface area contributed by atoms with Crippen molar-refractivity contribution in [3.8, 4) is 0 Å². The zero-order valence-electron chi connectivity index (χ0n) is 9.85. The topological polar surface area (TPSA) is 83.6 Å². The van der Waals surface area contributed by atoms with Crippen molar-refractivity contribution >= 4 is 11.9 Å². The first-order valence-electron chi connectivity index (χ1n) is 5.69. The van der Waals surface area contributed by atoms with E-state index in [2.05, 4.69) is 0 Å². The Kier molecular flexibility index (Phi) is 4.29. The molecular weight excluding hydrogens is 208 g/mol. The van der Waals surface area contributed by atoms with Crippen molar-refractivity contribution in [3.05, 3.63) is 0 Å². The first-order valence-corrected chi connectivity index (χ1v) is 5.69. The van der Waals surface area contributed by atoms with Crippen molar-refractivity contribution < 1.29 is 14.7 Å². The number of piperidine rings is 1. The number of aliphatic carboxylic acids is 1. The van der Waals surface area contributed by atoms with E-state index in [0.717, 1.165) is 19.4 Å². The molecule has 0 aromatic carbocycles. The Hall–Kier alpha value is -1.10. The van der Waals surface area contributed by atoms with Gasteiger partial charge >= 0.3 is 5.97 Å². The molecule has 0 spiro atoms. The summed E-state index contributed by atoms with van der Waals surface area (Å²) in [6, 6.07) is -0.512. The molecule has 1 fully saturated rings. The van der Waals surface area contributed by atoms with Crippen LogP contribution >= 0.6 is 0 Å². The lowest BCUT2D eigenvalue weighted by molar-refractivity contribution is -0.147. The minimum absolute atomic E-state index is 0.0316. The minimum Gasteiger partial charge on any atom is -0.480 e. The van der Waals surface area contributed by atoms with Gasteiger partial charge in [0.05, 0.1) is 5.92 Å². The van der Waals surface area contributed by atoms with Gasteiger partial charge in [-0.15, -0.1) is 0 Å². The third-order valence-corrected chi connectivity index (χ3v) is 3.13. The van der Waals surface area contributed by atoms with Gasteiger partial charge in [-0.3, -0.25) is 14.5 Å². The van der Waals surface area contributed by atoms with Crippen LogP contribution < -0.4 is 5.73 Å². The van der Waals surface area contributed by atoms with E-state index in [-0.39, 0.29) is 17.7 Å². The number of carboxylic acid groups (broad SMARTS) is 1. The number of carbonyl (C=O) groups excluding carboxylic acids is 1. The third-order valence-electron chi connectivity index (χ3n) is 3.13. The number of amides is 1. The van der Waals surface area contributed by atoms with Gasteiger partial charge in [0.2, 0.25) is 5.91 Å². The highest BCUT2D eigenvalue weighted by Gasteiger charge is 2.33. The third kappa shape index (κ3) is 2.95. The fraction of sp³-hybridized carbons (Fsp3) is 0.818. The first kappa shape index (κ1) is 13.0. The average molecular weight is 228 g/mol. The molecule has 1 saturated heterocycles. The summed E-state index contributed by atoms with van der Waals surface area (Å²) in [5.74, 6) is -1.31. The van der Waals surface area contributed by atoms with Crippen molar-refractivity contribution in [1.29, 1.82) is 0 Å². The predicted octanol–water partition coefficient (Wildman–Crippen LogP) is 0.293. The van der Waals surface area contributed by atoms with E-state index >= 15 is 0 Å². The molecule has 92 valence electrons. The predicted molar refractivity (Wildman–Crippen MR) is 59.8 cm³/mol. The van der Waals surface area contributed by atoms with E-state index in [9.17, 15) is 9.59 Å². The molecule has 1 aliphatic rings. The van der Waals surface area contributed by atoms with Gasteiger partial charge in [0.25, 0.3) is 0 Å². The molecule has 0 aromatic rings. The van der Waals surface area contributed by atoms with Crippen LogP contribution in [-0.4, -0.2) is 41.0 Å². The summed E-state index contributed by atoms with van der Waals surface area (Å²) in [6.07, 6.45) is 1.61. The molecule has 5 nitrogen and oxygen atoms in total. The molecule has 0 bridgehead atoms. The molecule has 2 unspecified atom stereocenters. The fourth-order valence-electron chi connectivity index (χ4n) is 2.35. The van der Waals surface area contributed by atoms with E-state index in [1.807, 2.05) is 18.7 Å². The summed E-state index contributed by atoms with van der Waals surface area (Å²) >= 11 is 0. The van der Waals surface area contributed by atoms with Gasteiger partial charge in [0, 0.05) is 6.54 Å². The number of nitrogens with zero attached hydrogens (tertiary/aromatic N) is 1. The highest BCUT2D eigenvalue weighted by atomic mass is 16.4. The Labute approximate surface area is 95.6 Å². The molecule has 1 rings (SSSR count). The quantitative estimate of drug-likeness (QED) is 0.724. The molecule has 0 aromatic heterocycles. The molecular formula is C11H20N2O3. The SMILES string of the molecule is CC(C)C(C(=O)O)N1CCCC(C(N)=O)C1. The summed E-state index contributed by atoms with van der Waals surface area (Å²) < 4.78 is 0. The van der Waals surface area contributed by atoms with Gasteiger partial charge in [-0.2, -0.15) is 0 Å². The second-order valence-electron chi connectivity index (χ2n) is 4.76. The average Bonchev–Trinajstić information content (AvgIpc) is 2.16. The standard InChI is InChI=1S/C11H20N2O3/c1-7(2)9(11(15)16)13-5-3-4-8(6-13)10(12)14/h7-9H,3-6H2,1-2H3,(H2,12,14)(H,15,16). The summed E-state index contributed by atoms with van der Waals surface area (Å²) in [5.41, 5.74) is 5.27. The van der Waals surface area contributed by atoms with Crippen molar-refractivity contribution in [2.24, 2.45) is 17.6 Å². The molecule has 1 amide bonds. The lowest BCUT2D eigenvalue weighted by Gasteiger charge is -2.36.